The number of hydrogen-bond donors (Lipinski definition) is 2. The zero-order valence-corrected chi connectivity index (χ0v) is 28.4. The fraction of sp³-hybridized carbons (Fsp3) is 0.300. The highest BCUT2D eigenvalue weighted by Crippen LogP contribution is 2.21. The van der Waals surface area contributed by atoms with Crippen molar-refractivity contribution in [2.75, 3.05) is 20.6 Å². The van der Waals surface area contributed by atoms with Crippen LogP contribution in [0.4, 0.5) is 0 Å². The summed E-state index contributed by atoms with van der Waals surface area (Å²) >= 11 is 0. The smallest absolute Gasteiger partial charge is 0.246 e. The zero-order valence-electron chi connectivity index (χ0n) is 28.4. The van der Waals surface area contributed by atoms with E-state index in [4.69, 9.17) is 5.73 Å². The Morgan fingerprint density at radius 3 is 1.94 bits per heavy atom. The van der Waals surface area contributed by atoms with Crippen molar-refractivity contribution in [2.24, 2.45) is 5.73 Å². The molecule has 0 saturated heterocycles. The molecule has 1 heterocycles. The van der Waals surface area contributed by atoms with Crippen LogP contribution >= 0.6 is 0 Å². The Balaban J connectivity index is 1.59. The van der Waals surface area contributed by atoms with Crippen LogP contribution in [0.2, 0.25) is 0 Å². The van der Waals surface area contributed by atoms with Crippen LogP contribution < -0.4 is 11.1 Å². The summed E-state index contributed by atoms with van der Waals surface area (Å²) < 4.78 is 0. The third-order valence-electron chi connectivity index (χ3n) is 8.35. The molecular formula is C40H47N5O3. The largest absolute Gasteiger partial charge is 0.354 e. The van der Waals surface area contributed by atoms with Crippen molar-refractivity contribution in [3.8, 4) is 11.1 Å². The Morgan fingerprint density at radius 2 is 1.31 bits per heavy atom. The molecule has 2 atom stereocenters. The van der Waals surface area contributed by atoms with Crippen LogP contribution in [-0.2, 0) is 33.6 Å². The van der Waals surface area contributed by atoms with Gasteiger partial charge in [0.2, 0.25) is 17.7 Å². The molecule has 0 spiro atoms. The fourth-order valence-corrected chi connectivity index (χ4v) is 5.44. The first kappa shape index (κ1) is 35.8. The van der Waals surface area contributed by atoms with E-state index in [2.05, 4.69) is 10.3 Å². The van der Waals surface area contributed by atoms with Gasteiger partial charge in [-0.05, 0) is 72.7 Å². The van der Waals surface area contributed by atoms with Gasteiger partial charge < -0.3 is 20.9 Å². The monoisotopic (exact) mass is 645 g/mol. The molecule has 3 aromatic carbocycles. The zero-order chi connectivity index (χ0) is 34.5. The third-order valence-corrected chi connectivity index (χ3v) is 8.35. The van der Waals surface area contributed by atoms with Gasteiger partial charge in [0, 0.05) is 51.4 Å². The second-order valence-corrected chi connectivity index (χ2v) is 12.9. The number of carbonyl (C=O) groups excluding carboxylic acids is 3. The van der Waals surface area contributed by atoms with Crippen LogP contribution in [-0.4, -0.2) is 70.8 Å². The number of amides is 3. The van der Waals surface area contributed by atoms with Gasteiger partial charge in [0.25, 0.3) is 0 Å². The molecule has 8 nitrogen and oxygen atoms in total. The predicted molar refractivity (Wildman–Crippen MR) is 192 cm³/mol. The molecule has 3 N–H and O–H groups in total. The quantitative estimate of drug-likeness (QED) is 0.172. The first-order valence-corrected chi connectivity index (χ1v) is 16.4. The summed E-state index contributed by atoms with van der Waals surface area (Å²) in [6.45, 7) is 4.19. The van der Waals surface area contributed by atoms with Crippen LogP contribution in [0.3, 0.4) is 0 Å². The highest BCUT2D eigenvalue weighted by molar-refractivity contribution is 5.95. The van der Waals surface area contributed by atoms with Crippen molar-refractivity contribution in [3.05, 3.63) is 138 Å². The third kappa shape index (κ3) is 10.7. The van der Waals surface area contributed by atoms with E-state index in [0.717, 1.165) is 27.8 Å². The number of nitrogens with two attached hydrogens (primary N) is 1. The van der Waals surface area contributed by atoms with Crippen molar-refractivity contribution < 1.29 is 14.4 Å². The minimum absolute atomic E-state index is 0.256. The lowest BCUT2D eigenvalue weighted by Crippen LogP contribution is -2.56. The molecule has 0 aliphatic rings. The first-order chi connectivity index (χ1) is 23.0. The van der Waals surface area contributed by atoms with Gasteiger partial charge in [-0.1, -0.05) is 91.0 Å². The Morgan fingerprint density at radius 1 is 0.750 bits per heavy atom. The molecule has 0 saturated carbocycles. The van der Waals surface area contributed by atoms with E-state index in [9.17, 15) is 14.4 Å². The van der Waals surface area contributed by atoms with Gasteiger partial charge in [0.15, 0.2) is 0 Å². The van der Waals surface area contributed by atoms with Gasteiger partial charge in [0.05, 0.1) is 0 Å². The van der Waals surface area contributed by atoms with Gasteiger partial charge in [-0.15, -0.1) is 0 Å². The minimum atomic E-state index is -0.858. The SMILES string of the molecule is CN(C(=O)/C=C/CC(C)(C)N)[C@H](Cc1ccc(-c2ccccc2)cc1)C(=O)N(C)[C@H](Cc1ccccc1)C(=O)NCCc1ccncc1. The average Bonchev–Trinajstić information content (AvgIpc) is 3.09. The molecule has 250 valence electrons. The topological polar surface area (TPSA) is 109 Å². The van der Waals surface area contributed by atoms with E-state index < -0.39 is 17.6 Å². The number of nitrogens with zero attached hydrogens (tertiary/aromatic N) is 3. The number of carbonyl (C=O) groups is 3. The fourth-order valence-electron chi connectivity index (χ4n) is 5.44. The van der Waals surface area contributed by atoms with E-state index in [1.54, 1.807) is 32.6 Å². The van der Waals surface area contributed by atoms with Gasteiger partial charge in [0.1, 0.15) is 12.1 Å². The van der Waals surface area contributed by atoms with E-state index in [-0.39, 0.29) is 24.1 Å². The summed E-state index contributed by atoms with van der Waals surface area (Å²) in [6.07, 6.45) is 8.40. The van der Waals surface area contributed by atoms with Crippen molar-refractivity contribution in [2.45, 2.75) is 57.2 Å². The number of pyridine rings is 1. The molecule has 48 heavy (non-hydrogen) atoms. The van der Waals surface area contributed by atoms with Crippen molar-refractivity contribution in [1.29, 1.82) is 0 Å². The standard InChI is InChI=1S/C40H47N5O3/c1-40(2,41)24-11-16-37(46)44(3)36(29-32-17-19-34(20-18-32)33-14-9-6-10-15-33)39(48)45(4)35(28-31-12-7-5-8-13-31)38(47)43-27-23-30-21-25-42-26-22-30/h5-22,25-26,35-36H,23-24,27-29,41H2,1-4H3,(H,43,47)/b16-11+/t35-,36-/m1/s1. The van der Waals surface area contributed by atoms with Crippen molar-refractivity contribution in [3.63, 3.8) is 0 Å². The molecule has 0 aliphatic heterocycles. The highest BCUT2D eigenvalue weighted by Gasteiger charge is 2.34. The van der Waals surface area contributed by atoms with Crippen LogP contribution in [0.1, 0.15) is 37.0 Å². The van der Waals surface area contributed by atoms with Crippen LogP contribution in [0, 0.1) is 0 Å². The molecule has 1 aromatic heterocycles. The lowest BCUT2D eigenvalue weighted by Gasteiger charge is -2.34. The van der Waals surface area contributed by atoms with E-state index >= 15 is 0 Å². The summed E-state index contributed by atoms with van der Waals surface area (Å²) in [6, 6.07) is 29.9. The highest BCUT2D eigenvalue weighted by atomic mass is 16.2. The van der Waals surface area contributed by atoms with Crippen molar-refractivity contribution >= 4 is 17.7 Å². The Bertz CT molecular complexity index is 1640. The summed E-state index contributed by atoms with van der Waals surface area (Å²) in [4.78, 5) is 48.7. The molecule has 0 aliphatic carbocycles. The first-order valence-electron chi connectivity index (χ1n) is 16.4. The van der Waals surface area contributed by atoms with E-state index in [0.29, 0.717) is 25.8 Å². The maximum absolute atomic E-state index is 14.4. The lowest BCUT2D eigenvalue weighted by atomic mass is 9.98. The molecule has 0 radical (unpaired) electrons. The number of rotatable bonds is 15. The number of hydrogen-bond acceptors (Lipinski definition) is 5. The second-order valence-electron chi connectivity index (χ2n) is 12.9. The van der Waals surface area contributed by atoms with Crippen LogP contribution in [0.25, 0.3) is 11.1 Å². The van der Waals surface area contributed by atoms with Gasteiger partial charge in [-0.3, -0.25) is 19.4 Å². The van der Waals surface area contributed by atoms with E-state index in [1.165, 1.54) is 15.9 Å². The summed E-state index contributed by atoms with van der Waals surface area (Å²) in [5, 5.41) is 3.03. The van der Waals surface area contributed by atoms with Gasteiger partial charge in [-0.2, -0.15) is 0 Å². The maximum atomic E-state index is 14.4. The predicted octanol–water partition coefficient (Wildman–Crippen LogP) is 5.23. The normalized spacial score (nSPS) is 12.7. The summed E-state index contributed by atoms with van der Waals surface area (Å²) in [5.74, 6) is -0.891. The van der Waals surface area contributed by atoms with E-state index in [1.807, 2.05) is 111 Å². The molecular weight excluding hydrogens is 598 g/mol. The average molecular weight is 646 g/mol. The molecule has 0 unspecified atom stereocenters. The maximum Gasteiger partial charge on any atom is 0.246 e. The summed E-state index contributed by atoms with van der Waals surface area (Å²) in [5.41, 5.74) is 10.7. The Hall–Kier alpha value is -5.08. The lowest BCUT2D eigenvalue weighted by molar-refractivity contribution is -0.146. The summed E-state index contributed by atoms with van der Waals surface area (Å²) in [7, 11) is 3.28. The minimum Gasteiger partial charge on any atom is -0.354 e. The van der Waals surface area contributed by atoms with Crippen LogP contribution in [0.5, 0.6) is 0 Å². The number of likely N-dealkylation sites (N-methyl/N-ethyl adjacent to an activating group) is 2. The molecule has 8 heteroatoms. The molecule has 3 amide bonds. The molecule has 4 aromatic rings. The number of aromatic nitrogens is 1. The second kappa shape index (κ2) is 17.2. The number of benzene rings is 3. The Kier molecular flexibility index (Phi) is 12.8. The molecule has 0 bridgehead atoms. The number of nitrogens with one attached hydrogen (secondary N) is 1. The van der Waals surface area contributed by atoms with Gasteiger partial charge in [-0.25, -0.2) is 0 Å². The molecule has 0 fully saturated rings. The van der Waals surface area contributed by atoms with Gasteiger partial charge >= 0.3 is 0 Å². The van der Waals surface area contributed by atoms with Crippen molar-refractivity contribution in [1.82, 2.24) is 20.1 Å². The molecule has 4 rings (SSSR count). The van der Waals surface area contributed by atoms with Crippen LogP contribution in [0.15, 0.2) is 122 Å². The Labute approximate surface area is 284 Å².